The molecule has 0 aliphatic carbocycles. The van der Waals surface area contributed by atoms with Crippen molar-refractivity contribution in [1.82, 2.24) is 20.0 Å². The summed E-state index contributed by atoms with van der Waals surface area (Å²) < 4.78 is 49.0. The summed E-state index contributed by atoms with van der Waals surface area (Å²) in [6, 6.07) is 6.28. The Morgan fingerprint density at radius 3 is 2.74 bits per heavy atom. The topological polar surface area (TPSA) is 144 Å². The number of amidine groups is 1. The van der Waals surface area contributed by atoms with Crippen LogP contribution < -0.4 is 5.73 Å². The average molecular weight is 546 g/mol. The quantitative estimate of drug-likeness (QED) is 0.199. The summed E-state index contributed by atoms with van der Waals surface area (Å²) in [5, 5.41) is 29.6. The lowest BCUT2D eigenvalue weighted by Crippen LogP contribution is -2.49. The Kier molecular flexibility index (Phi) is 7.21. The molecule has 1 fully saturated rings. The van der Waals surface area contributed by atoms with Gasteiger partial charge in [-0.25, -0.2) is 32.8 Å². The molecular weight excluding hydrogens is 523 g/mol. The van der Waals surface area contributed by atoms with Crippen molar-refractivity contribution >= 4 is 39.4 Å². The van der Waals surface area contributed by atoms with Crippen molar-refractivity contribution in [3.05, 3.63) is 59.0 Å². The number of halogens is 3. The maximum Gasteiger partial charge on any atom is 0.194 e. The molecule has 0 bridgehead atoms. The van der Waals surface area contributed by atoms with E-state index in [1.807, 2.05) is 19.1 Å². The van der Waals surface area contributed by atoms with E-state index in [9.17, 15) is 23.4 Å². The molecule has 0 radical (unpaired) electrons. The van der Waals surface area contributed by atoms with Gasteiger partial charge in [-0.1, -0.05) is 5.21 Å². The molecule has 1 aliphatic heterocycles. The zero-order chi connectivity index (χ0) is 27.0. The molecule has 0 saturated carbocycles. The number of thiazole rings is 1. The molecule has 1 aliphatic rings. The van der Waals surface area contributed by atoms with Crippen LogP contribution in [-0.2, 0) is 4.74 Å². The molecule has 198 valence electrons. The number of fused-ring (bicyclic) bond motifs is 1. The standard InChI is InChI=1S/C24H22F3N7O3S/c1-11-30-16-3-2-13(6-21(16)38-11)31-24(29-10-28)19-7-18(23(36)20(9-35)37-19)34-8-17(32-33-34)12-4-14(25)22(27)15(26)5-12/h2-6,8,10,18-20,23,35-36H,7,9H2,1H3,(H2,28,29,31). The summed E-state index contributed by atoms with van der Waals surface area (Å²) in [5.41, 5.74) is 7.02. The lowest BCUT2D eigenvalue weighted by molar-refractivity contribution is -0.137. The molecule has 2 aromatic heterocycles. The first-order valence-electron chi connectivity index (χ1n) is 11.5. The van der Waals surface area contributed by atoms with Crippen LogP contribution in [0.15, 0.2) is 46.5 Å². The SMILES string of the molecule is Cc1nc2ccc(N=C(N=CN)C3CC(n4cc(-c5cc(F)c(F)c(F)c5)nn4)C(O)C(CO)O3)cc2s1. The van der Waals surface area contributed by atoms with Crippen LogP contribution in [0.4, 0.5) is 18.9 Å². The lowest BCUT2D eigenvalue weighted by atomic mass is 9.95. The van der Waals surface area contributed by atoms with E-state index in [4.69, 9.17) is 10.5 Å². The predicted molar refractivity (Wildman–Crippen MR) is 135 cm³/mol. The second kappa shape index (κ2) is 10.6. The van der Waals surface area contributed by atoms with Gasteiger partial charge >= 0.3 is 0 Å². The monoisotopic (exact) mass is 545 g/mol. The molecule has 4 N–H and O–H groups in total. The summed E-state index contributed by atoms with van der Waals surface area (Å²) in [4.78, 5) is 13.2. The van der Waals surface area contributed by atoms with Gasteiger partial charge in [0.1, 0.15) is 24.0 Å². The number of aliphatic imine (C=N–C) groups is 2. The normalized spacial score (nSPS) is 22.5. The molecule has 0 amide bonds. The Balaban J connectivity index is 1.47. The minimum absolute atomic E-state index is 0.0341. The fourth-order valence-electron chi connectivity index (χ4n) is 4.30. The number of aliphatic hydroxyl groups is 2. The van der Waals surface area contributed by atoms with E-state index in [-0.39, 0.29) is 23.5 Å². The number of aromatic nitrogens is 4. The molecule has 1 saturated heterocycles. The van der Waals surface area contributed by atoms with Crippen LogP contribution in [0, 0.1) is 24.4 Å². The van der Waals surface area contributed by atoms with E-state index in [0.717, 1.165) is 33.7 Å². The highest BCUT2D eigenvalue weighted by molar-refractivity contribution is 7.18. The van der Waals surface area contributed by atoms with E-state index < -0.39 is 48.4 Å². The van der Waals surface area contributed by atoms with Crippen molar-refractivity contribution < 1.29 is 28.1 Å². The fourth-order valence-corrected chi connectivity index (χ4v) is 5.16. The summed E-state index contributed by atoms with van der Waals surface area (Å²) in [5.74, 6) is -4.13. The molecule has 0 spiro atoms. The van der Waals surface area contributed by atoms with Gasteiger partial charge in [0.05, 0.1) is 46.1 Å². The molecule has 14 heteroatoms. The van der Waals surface area contributed by atoms with Crippen LogP contribution in [-0.4, -0.2) is 67.3 Å². The molecule has 38 heavy (non-hydrogen) atoms. The van der Waals surface area contributed by atoms with E-state index >= 15 is 0 Å². The lowest BCUT2D eigenvalue weighted by Gasteiger charge is -2.38. The first kappa shape index (κ1) is 25.9. The second-order valence-electron chi connectivity index (χ2n) is 8.61. The van der Waals surface area contributed by atoms with Gasteiger partial charge in [-0.05, 0) is 37.3 Å². The number of aryl methyl sites for hydroxylation is 1. The van der Waals surface area contributed by atoms with Crippen molar-refractivity contribution in [3.63, 3.8) is 0 Å². The van der Waals surface area contributed by atoms with Crippen molar-refractivity contribution in [2.45, 2.75) is 37.7 Å². The van der Waals surface area contributed by atoms with Crippen LogP contribution in [0.5, 0.6) is 0 Å². The highest BCUT2D eigenvalue weighted by atomic mass is 32.1. The molecule has 4 unspecified atom stereocenters. The number of hydrogen-bond acceptors (Lipinski definition) is 8. The largest absolute Gasteiger partial charge is 0.394 e. The Labute approximate surface area is 217 Å². The van der Waals surface area contributed by atoms with Crippen molar-refractivity contribution in [3.8, 4) is 11.3 Å². The third kappa shape index (κ3) is 5.03. The molecule has 10 nitrogen and oxygen atoms in total. The Bertz CT molecular complexity index is 1520. The molecule has 4 atom stereocenters. The molecule has 4 aromatic rings. The number of nitrogens with zero attached hydrogens (tertiary/aromatic N) is 6. The van der Waals surface area contributed by atoms with Crippen molar-refractivity contribution in [1.29, 1.82) is 0 Å². The van der Waals surface area contributed by atoms with Crippen LogP contribution in [0.3, 0.4) is 0 Å². The number of aliphatic hydroxyl groups excluding tert-OH is 2. The van der Waals surface area contributed by atoms with Crippen molar-refractivity contribution in [2.24, 2.45) is 15.7 Å². The number of benzene rings is 2. The van der Waals surface area contributed by atoms with E-state index in [2.05, 4.69) is 25.3 Å². The van der Waals surface area contributed by atoms with E-state index in [0.29, 0.717) is 5.69 Å². The summed E-state index contributed by atoms with van der Waals surface area (Å²) >= 11 is 1.52. The van der Waals surface area contributed by atoms with Crippen LogP contribution >= 0.6 is 11.3 Å². The zero-order valence-electron chi connectivity index (χ0n) is 19.9. The summed E-state index contributed by atoms with van der Waals surface area (Å²) in [6.45, 7) is 1.39. The van der Waals surface area contributed by atoms with Gasteiger partial charge in [-0.2, -0.15) is 0 Å². The fraction of sp³-hybridized carbons (Fsp3) is 0.292. The smallest absolute Gasteiger partial charge is 0.194 e. The Morgan fingerprint density at radius 2 is 2.03 bits per heavy atom. The molecule has 3 heterocycles. The Hall–Kier alpha value is -3.72. The maximum absolute atomic E-state index is 13.7. The summed E-state index contributed by atoms with van der Waals surface area (Å²) in [6.07, 6.45) is -0.530. The zero-order valence-corrected chi connectivity index (χ0v) is 20.7. The first-order chi connectivity index (χ1) is 18.3. The van der Waals surface area contributed by atoms with Gasteiger partial charge in [-0.3, -0.25) is 0 Å². The van der Waals surface area contributed by atoms with Crippen LogP contribution in [0.1, 0.15) is 17.5 Å². The average Bonchev–Trinajstić information content (AvgIpc) is 3.53. The third-order valence-electron chi connectivity index (χ3n) is 6.10. The van der Waals surface area contributed by atoms with Gasteiger partial charge in [0, 0.05) is 12.0 Å². The molecule has 5 rings (SSSR count). The summed E-state index contributed by atoms with van der Waals surface area (Å²) in [7, 11) is 0. The minimum Gasteiger partial charge on any atom is -0.394 e. The number of hydrogen-bond donors (Lipinski definition) is 3. The number of rotatable bonds is 5. The van der Waals surface area contributed by atoms with Gasteiger partial charge < -0.3 is 20.7 Å². The van der Waals surface area contributed by atoms with Gasteiger partial charge in [0.25, 0.3) is 0 Å². The Morgan fingerprint density at radius 1 is 1.26 bits per heavy atom. The van der Waals surface area contributed by atoms with Crippen molar-refractivity contribution in [2.75, 3.05) is 6.61 Å². The van der Waals surface area contributed by atoms with E-state index in [1.54, 1.807) is 6.07 Å². The molecule has 2 aromatic carbocycles. The van der Waals surface area contributed by atoms with E-state index in [1.165, 1.54) is 22.2 Å². The van der Waals surface area contributed by atoms with Gasteiger partial charge in [0.15, 0.2) is 23.3 Å². The number of ether oxygens (including phenoxy) is 1. The number of nitrogens with two attached hydrogens (primary N) is 1. The molecular formula is C24H22F3N7O3S. The minimum atomic E-state index is -1.59. The van der Waals surface area contributed by atoms with Gasteiger partial charge in [-0.15, -0.1) is 16.4 Å². The second-order valence-corrected chi connectivity index (χ2v) is 9.84. The first-order valence-corrected chi connectivity index (χ1v) is 12.3. The third-order valence-corrected chi connectivity index (χ3v) is 7.03. The van der Waals surface area contributed by atoms with Gasteiger partial charge in [0.2, 0.25) is 0 Å². The predicted octanol–water partition coefficient (Wildman–Crippen LogP) is 3.05. The maximum atomic E-state index is 13.7. The highest BCUT2D eigenvalue weighted by Gasteiger charge is 2.41. The van der Waals surface area contributed by atoms with Crippen LogP contribution in [0.25, 0.3) is 21.5 Å². The highest BCUT2D eigenvalue weighted by Crippen LogP contribution is 2.33. The van der Waals surface area contributed by atoms with Crippen LogP contribution in [0.2, 0.25) is 0 Å².